The van der Waals surface area contributed by atoms with Crippen molar-refractivity contribution in [2.24, 2.45) is 0 Å². The Morgan fingerprint density at radius 2 is 2.27 bits per heavy atom. The third kappa shape index (κ3) is 1.50. The molecule has 1 aromatic heterocycles. The second-order valence-electron chi connectivity index (χ2n) is 2.47. The second kappa shape index (κ2) is 3.37. The quantitative estimate of drug-likeness (QED) is 0.692. The van der Waals surface area contributed by atoms with Gasteiger partial charge in [0.05, 0.1) is 0 Å². The summed E-state index contributed by atoms with van der Waals surface area (Å²) in [6.45, 7) is 4.68. The third-order valence-electron chi connectivity index (χ3n) is 1.58. The van der Waals surface area contributed by atoms with Crippen LogP contribution in [0.25, 0.3) is 0 Å². The second-order valence-corrected chi connectivity index (χ2v) is 2.47. The fourth-order valence-electron chi connectivity index (χ4n) is 0.975. The summed E-state index contributed by atoms with van der Waals surface area (Å²) in [4.78, 5) is 11.3. The molecule has 0 fully saturated rings. The van der Waals surface area contributed by atoms with Crippen molar-refractivity contribution in [1.82, 2.24) is 15.0 Å². The van der Waals surface area contributed by atoms with Crippen LogP contribution in [0.5, 0.6) is 0 Å². The summed E-state index contributed by atoms with van der Waals surface area (Å²) in [6.07, 6.45) is 1.65. The summed E-state index contributed by atoms with van der Waals surface area (Å²) in [7, 11) is 0. The first-order chi connectivity index (χ1) is 5.29. The monoisotopic (exact) mass is 155 g/mol. The molecule has 1 rings (SSSR count). The van der Waals surface area contributed by atoms with Gasteiger partial charge in [-0.15, -0.1) is 0 Å². The third-order valence-corrected chi connectivity index (χ3v) is 1.58. The molecule has 0 unspecified atom stereocenters. The van der Waals surface area contributed by atoms with Crippen molar-refractivity contribution in [1.29, 1.82) is 0 Å². The van der Waals surface area contributed by atoms with Crippen LogP contribution >= 0.6 is 0 Å². The number of rotatable bonds is 3. The minimum Gasteiger partial charge on any atom is -0.266 e. The molecule has 0 aliphatic heterocycles. The van der Waals surface area contributed by atoms with E-state index in [4.69, 9.17) is 0 Å². The maximum atomic E-state index is 11.3. The zero-order chi connectivity index (χ0) is 8.27. The van der Waals surface area contributed by atoms with Crippen molar-refractivity contribution in [3.8, 4) is 0 Å². The molecule has 0 amide bonds. The highest BCUT2D eigenvalue weighted by Gasteiger charge is 2.03. The number of aryl methyl sites for hydroxylation is 2. The average Bonchev–Trinajstić information content (AvgIpc) is 2.34. The zero-order valence-corrected chi connectivity index (χ0v) is 6.92. The van der Waals surface area contributed by atoms with Crippen LogP contribution in [0.4, 0.5) is 0 Å². The van der Waals surface area contributed by atoms with Gasteiger partial charge < -0.3 is 0 Å². The van der Waals surface area contributed by atoms with Crippen LogP contribution in [0.2, 0.25) is 0 Å². The maximum absolute atomic E-state index is 11.3. The number of hydrogen-bond donors (Lipinski definition) is 1. The van der Waals surface area contributed by atoms with Crippen LogP contribution in [0, 0.1) is 0 Å². The van der Waals surface area contributed by atoms with E-state index in [1.54, 1.807) is 4.68 Å². The fraction of sp³-hybridized carbons (Fsp3) is 0.714. The van der Waals surface area contributed by atoms with Gasteiger partial charge in [-0.05, 0) is 12.8 Å². The summed E-state index contributed by atoms with van der Waals surface area (Å²) < 4.78 is 1.54. The lowest BCUT2D eigenvalue weighted by Gasteiger charge is -1.92. The predicted octanol–water partition coefficient (Wildman–Crippen LogP) is 0.544. The number of aromatic nitrogens is 3. The highest BCUT2D eigenvalue weighted by molar-refractivity contribution is 4.92. The van der Waals surface area contributed by atoms with Crippen LogP contribution < -0.4 is 5.56 Å². The number of hydrogen-bond acceptors (Lipinski definition) is 2. The lowest BCUT2D eigenvalue weighted by atomic mass is 10.4. The molecule has 4 nitrogen and oxygen atoms in total. The van der Waals surface area contributed by atoms with E-state index in [-0.39, 0.29) is 5.56 Å². The summed E-state index contributed by atoms with van der Waals surface area (Å²) in [5, 5.41) is 6.56. The van der Waals surface area contributed by atoms with E-state index in [1.165, 1.54) is 0 Å². The summed E-state index contributed by atoms with van der Waals surface area (Å²) in [6, 6.07) is 0. The molecule has 0 aliphatic carbocycles. The van der Waals surface area contributed by atoms with Crippen molar-refractivity contribution in [2.45, 2.75) is 33.2 Å². The number of nitrogens with one attached hydrogen (secondary N) is 1. The zero-order valence-electron chi connectivity index (χ0n) is 6.92. The van der Waals surface area contributed by atoms with Gasteiger partial charge >= 0.3 is 0 Å². The Morgan fingerprint density at radius 3 is 2.73 bits per heavy atom. The topological polar surface area (TPSA) is 50.7 Å². The van der Waals surface area contributed by atoms with E-state index in [2.05, 4.69) is 10.3 Å². The highest BCUT2D eigenvalue weighted by atomic mass is 16.1. The van der Waals surface area contributed by atoms with Gasteiger partial charge in [-0.2, -0.15) is 5.10 Å². The van der Waals surface area contributed by atoms with Crippen LogP contribution in [0.15, 0.2) is 4.79 Å². The van der Waals surface area contributed by atoms with Gasteiger partial charge in [0.1, 0.15) is 5.69 Å². The van der Waals surface area contributed by atoms with Crippen LogP contribution in [-0.2, 0) is 13.0 Å². The van der Waals surface area contributed by atoms with Crippen molar-refractivity contribution in [2.75, 3.05) is 0 Å². The van der Waals surface area contributed by atoms with Crippen LogP contribution in [0.1, 0.15) is 26.0 Å². The molecule has 0 spiro atoms. The number of nitrogens with zero attached hydrogens (tertiary/aromatic N) is 2. The van der Waals surface area contributed by atoms with E-state index in [1.807, 2.05) is 13.8 Å². The molecule has 62 valence electrons. The molecule has 4 heteroatoms. The molecule has 0 radical (unpaired) electrons. The molecule has 1 N–H and O–H groups in total. The molecule has 11 heavy (non-hydrogen) atoms. The molecule has 0 aromatic carbocycles. The lowest BCUT2D eigenvalue weighted by Crippen LogP contribution is -2.18. The molecular formula is C7H13N3O. The Bertz CT molecular complexity index is 273. The average molecular weight is 155 g/mol. The smallest absolute Gasteiger partial charge is 0.266 e. The molecule has 0 aliphatic rings. The first-order valence-corrected chi connectivity index (χ1v) is 3.93. The van der Waals surface area contributed by atoms with Gasteiger partial charge in [-0.25, -0.2) is 9.90 Å². The molecule has 0 atom stereocenters. The van der Waals surface area contributed by atoms with Crippen molar-refractivity contribution < 1.29 is 0 Å². The molecule has 0 bridgehead atoms. The van der Waals surface area contributed by atoms with Gasteiger partial charge in [0.2, 0.25) is 0 Å². The molecule has 0 saturated carbocycles. The first-order valence-electron chi connectivity index (χ1n) is 3.93. The number of aromatic amines is 1. The van der Waals surface area contributed by atoms with E-state index in [0.29, 0.717) is 12.1 Å². The minimum absolute atomic E-state index is 0.0225. The van der Waals surface area contributed by atoms with Gasteiger partial charge in [-0.3, -0.25) is 4.79 Å². The Hall–Kier alpha value is -1.06. The SMILES string of the molecule is CCCn1[nH]nc(CC)c1=O. The molecule has 1 aromatic rings. The normalized spacial score (nSPS) is 10.4. The van der Waals surface area contributed by atoms with Gasteiger partial charge in [0.25, 0.3) is 5.56 Å². The largest absolute Gasteiger partial charge is 0.289 e. The van der Waals surface area contributed by atoms with Crippen LogP contribution in [-0.4, -0.2) is 15.0 Å². The van der Waals surface area contributed by atoms with E-state index in [0.717, 1.165) is 13.0 Å². The van der Waals surface area contributed by atoms with Gasteiger partial charge in [0, 0.05) is 6.54 Å². The summed E-state index contributed by atoms with van der Waals surface area (Å²) in [5.74, 6) is 0. The van der Waals surface area contributed by atoms with E-state index >= 15 is 0 Å². The summed E-state index contributed by atoms with van der Waals surface area (Å²) >= 11 is 0. The lowest BCUT2D eigenvalue weighted by molar-refractivity contribution is 0.564. The molecular weight excluding hydrogens is 142 g/mol. The first kappa shape index (κ1) is 8.04. The van der Waals surface area contributed by atoms with Crippen LogP contribution in [0.3, 0.4) is 0 Å². The fourth-order valence-corrected chi connectivity index (χ4v) is 0.975. The molecule has 1 heterocycles. The Labute approximate surface area is 65.2 Å². The minimum atomic E-state index is 0.0225. The Kier molecular flexibility index (Phi) is 2.46. The highest BCUT2D eigenvalue weighted by Crippen LogP contribution is 1.86. The van der Waals surface area contributed by atoms with Gasteiger partial charge in [-0.1, -0.05) is 13.8 Å². The predicted molar refractivity (Wildman–Crippen MR) is 42.5 cm³/mol. The van der Waals surface area contributed by atoms with E-state index < -0.39 is 0 Å². The maximum Gasteiger partial charge on any atom is 0.289 e. The Morgan fingerprint density at radius 1 is 1.55 bits per heavy atom. The molecule has 0 saturated heterocycles. The summed E-state index contributed by atoms with van der Waals surface area (Å²) in [5.41, 5.74) is 0.646. The van der Waals surface area contributed by atoms with Gasteiger partial charge in [0.15, 0.2) is 0 Å². The van der Waals surface area contributed by atoms with Crippen molar-refractivity contribution in [3.63, 3.8) is 0 Å². The standard InChI is InChI=1S/C7H13N3O/c1-3-5-10-7(11)6(4-2)8-9-10/h9H,3-5H2,1-2H3. The van der Waals surface area contributed by atoms with Crippen molar-refractivity contribution >= 4 is 0 Å². The Balaban J connectivity index is 2.92. The van der Waals surface area contributed by atoms with Crippen molar-refractivity contribution in [3.05, 3.63) is 16.0 Å². The number of H-pyrrole nitrogens is 1. The van der Waals surface area contributed by atoms with E-state index in [9.17, 15) is 4.79 Å².